The van der Waals surface area contributed by atoms with Crippen LogP contribution in [0.3, 0.4) is 0 Å². The molecule has 2 heterocycles. The maximum atomic E-state index is 5.83. The van der Waals surface area contributed by atoms with Crippen molar-refractivity contribution >= 4 is 5.95 Å². The van der Waals surface area contributed by atoms with Gasteiger partial charge >= 0.3 is 0 Å². The van der Waals surface area contributed by atoms with Gasteiger partial charge < -0.3 is 15.4 Å². The van der Waals surface area contributed by atoms with E-state index in [9.17, 15) is 0 Å². The van der Waals surface area contributed by atoms with Gasteiger partial charge in [0.15, 0.2) is 0 Å². The van der Waals surface area contributed by atoms with Crippen LogP contribution in [0, 0.1) is 0 Å². The lowest BCUT2D eigenvalue weighted by atomic mass is 9.91. The van der Waals surface area contributed by atoms with E-state index < -0.39 is 0 Å². The summed E-state index contributed by atoms with van der Waals surface area (Å²) in [5.41, 5.74) is 5.69. The van der Waals surface area contributed by atoms with Gasteiger partial charge in [-0.1, -0.05) is 0 Å². The fourth-order valence-electron chi connectivity index (χ4n) is 2.28. The first-order valence-corrected chi connectivity index (χ1v) is 6.16. The summed E-state index contributed by atoms with van der Waals surface area (Å²) >= 11 is 0. The number of rotatable bonds is 4. The van der Waals surface area contributed by atoms with Crippen LogP contribution in [0.2, 0.25) is 0 Å². The number of hydrogen-bond donors (Lipinski definition) is 1. The molecule has 0 radical (unpaired) electrons. The third-order valence-corrected chi connectivity index (χ3v) is 3.33. The van der Waals surface area contributed by atoms with Gasteiger partial charge in [-0.25, -0.2) is 9.97 Å². The first kappa shape index (κ1) is 12.3. The van der Waals surface area contributed by atoms with Gasteiger partial charge in [0.05, 0.1) is 5.60 Å². The van der Waals surface area contributed by atoms with Crippen LogP contribution in [-0.4, -0.2) is 41.8 Å². The average Bonchev–Trinajstić information content (AvgIpc) is 2.41. The normalized spacial score (nSPS) is 19.3. The quantitative estimate of drug-likeness (QED) is 0.838. The summed E-state index contributed by atoms with van der Waals surface area (Å²) in [5.74, 6) is 0.801. The van der Waals surface area contributed by atoms with Crippen LogP contribution in [-0.2, 0) is 4.74 Å². The summed E-state index contributed by atoms with van der Waals surface area (Å²) in [6, 6.07) is 1.83. The highest BCUT2D eigenvalue weighted by Crippen LogP contribution is 2.26. The van der Waals surface area contributed by atoms with E-state index in [1.807, 2.05) is 13.0 Å². The maximum Gasteiger partial charge on any atom is 0.225 e. The molecule has 0 amide bonds. The van der Waals surface area contributed by atoms with E-state index in [1.165, 1.54) is 0 Å². The Balaban J connectivity index is 1.98. The number of nitrogens with two attached hydrogens (primary N) is 1. The lowest BCUT2D eigenvalue weighted by Crippen LogP contribution is -2.51. The van der Waals surface area contributed by atoms with E-state index in [0.29, 0.717) is 6.54 Å². The Morgan fingerprint density at radius 2 is 2.00 bits per heavy atom. The first-order valence-electron chi connectivity index (χ1n) is 6.16. The summed E-state index contributed by atoms with van der Waals surface area (Å²) < 4.78 is 5.81. The number of ether oxygens (including phenoxy) is 1. The summed E-state index contributed by atoms with van der Waals surface area (Å²) in [6.07, 6.45) is 5.43. The number of hydrogen-bond acceptors (Lipinski definition) is 5. The molecule has 1 aromatic heterocycles. The van der Waals surface area contributed by atoms with E-state index in [4.69, 9.17) is 10.5 Å². The lowest BCUT2D eigenvalue weighted by molar-refractivity contribution is -0.0488. The predicted molar refractivity (Wildman–Crippen MR) is 66.9 cm³/mol. The molecule has 1 aromatic rings. The molecular formula is C12H20N4O. The maximum absolute atomic E-state index is 5.83. The van der Waals surface area contributed by atoms with Gasteiger partial charge in [-0.2, -0.15) is 0 Å². The molecule has 0 aromatic carbocycles. The highest BCUT2D eigenvalue weighted by Gasteiger charge is 2.34. The van der Waals surface area contributed by atoms with Gasteiger partial charge in [0, 0.05) is 38.6 Å². The molecule has 2 rings (SSSR count). The van der Waals surface area contributed by atoms with E-state index in [2.05, 4.69) is 14.9 Å². The van der Waals surface area contributed by atoms with Crippen LogP contribution in [0.1, 0.15) is 19.8 Å². The van der Waals surface area contributed by atoms with Gasteiger partial charge in [-0.3, -0.25) is 0 Å². The van der Waals surface area contributed by atoms with Crippen LogP contribution < -0.4 is 10.6 Å². The van der Waals surface area contributed by atoms with Crippen LogP contribution in [0.25, 0.3) is 0 Å². The second-order valence-corrected chi connectivity index (χ2v) is 4.36. The molecule has 0 spiro atoms. The molecule has 1 fully saturated rings. The number of nitrogens with zero attached hydrogens (tertiary/aromatic N) is 3. The molecule has 2 N–H and O–H groups in total. The molecule has 17 heavy (non-hydrogen) atoms. The summed E-state index contributed by atoms with van der Waals surface area (Å²) in [7, 11) is 0. The van der Waals surface area contributed by atoms with E-state index in [0.717, 1.165) is 38.5 Å². The molecule has 5 nitrogen and oxygen atoms in total. The van der Waals surface area contributed by atoms with Crippen molar-refractivity contribution in [2.24, 2.45) is 5.73 Å². The second-order valence-electron chi connectivity index (χ2n) is 4.36. The van der Waals surface area contributed by atoms with Crippen molar-refractivity contribution in [2.45, 2.75) is 25.4 Å². The fraction of sp³-hybridized carbons (Fsp3) is 0.667. The predicted octanol–water partition coefficient (Wildman–Crippen LogP) is 0.811. The highest BCUT2D eigenvalue weighted by molar-refractivity contribution is 5.29. The molecular weight excluding hydrogens is 216 g/mol. The van der Waals surface area contributed by atoms with E-state index >= 15 is 0 Å². The minimum Gasteiger partial charge on any atom is -0.374 e. The molecule has 1 aliphatic heterocycles. The Hall–Kier alpha value is -1.20. The van der Waals surface area contributed by atoms with Crippen LogP contribution in [0.4, 0.5) is 5.95 Å². The Morgan fingerprint density at radius 1 is 1.35 bits per heavy atom. The van der Waals surface area contributed by atoms with E-state index in [-0.39, 0.29) is 5.60 Å². The lowest BCUT2D eigenvalue weighted by Gasteiger charge is -2.40. The van der Waals surface area contributed by atoms with Crippen molar-refractivity contribution in [1.82, 2.24) is 9.97 Å². The molecule has 1 aliphatic rings. The SMILES string of the molecule is CCOC1(CN)CCN(c2ncccn2)CC1. The van der Waals surface area contributed by atoms with Crippen LogP contribution in [0.15, 0.2) is 18.5 Å². The standard InChI is InChI=1S/C12H20N4O/c1-2-17-12(10-13)4-8-16(9-5-12)11-14-6-3-7-15-11/h3,6-7H,2,4-5,8-10,13H2,1H3. The monoisotopic (exact) mass is 236 g/mol. The van der Waals surface area contributed by atoms with Crippen molar-refractivity contribution < 1.29 is 4.74 Å². The molecule has 0 saturated carbocycles. The van der Waals surface area contributed by atoms with Crippen molar-refractivity contribution in [1.29, 1.82) is 0 Å². The third-order valence-electron chi connectivity index (χ3n) is 3.33. The average molecular weight is 236 g/mol. The molecule has 0 unspecified atom stereocenters. The number of aromatic nitrogens is 2. The molecule has 0 atom stereocenters. The Bertz CT molecular complexity index is 336. The summed E-state index contributed by atoms with van der Waals surface area (Å²) in [5, 5.41) is 0. The van der Waals surface area contributed by atoms with Gasteiger partial charge in [-0.05, 0) is 25.8 Å². The van der Waals surface area contributed by atoms with Gasteiger partial charge in [0.1, 0.15) is 0 Å². The van der Waals surface area contributed by atoms with Gasteiger partial charge in [0.25, 0.3) is 0 Å². The minimum atomic E-state index is -0.139. The third kappa shape index (κ3) is 2.73. The van der Waals surface area contributed by atoms with Crippen molar-refractivity contribution in [3.05, 3.63) is 18.5 Å². The molecule has 94 valence electrons. The van der Waals surface area contributed by atoms with Gasteiger partial charge in [-0.15, -0.1) is 0 Å². The topological polar surface area (TPSA) is 64.3 Å². The van der Waals surface area contributed by atoms with Gasteiger partial charge in [0.2, 0.25) is 5.95 Å². The number of piperidine rings is 1. The molecule has 5 heteroatoms. The summed E-state index contributed by atoms with van der Waals surface area (Å²) in [4.78, 5) is 10.7. The zero-order valence-corrected chi connectivity index (χ0v) is 10.3. The van der Waals surface area contributed by atoms with Crippen molar-refractivity contribution in [3.63, 3.8) is 0 Å². The Labute approximate surface area is 102 Å². The zero-order chi connectivity index (χ0) is 12.1. The number of anilines is 1. The smallest absolute Gasteiger partial charge is 0.225 e. The van der Waals surface area contributed by atoms with Crippen LogP contribution in [0.5, 0.6) is 0 Å². The second kappa shape index (κ2) is 5.42. The van der Waals surface area contributed by atoms with Crippen LogP contribution >= 0.6 is 0 Å². The minimum absolute atomic E-state index is 0.139. The van der Waals surface area contributed by atoms with Crippen molar-refractivity contribution in [2.75, 3.05) is 31.1 Å². The Morgan fingerprint density at radius 3 is 2.53 bits per heavy atom. The Kier molecular flexibility index (Phi) is 3.91. The largest absolute Gasteiger partial charge is 0.374 e. The highest BCUT2D eigenvalue weighted by atomic mass is 16.5. The fourth-order valence-corrected chi connectivity index (χ4v) is 2.28. The molecule has 0 aliphatic carbocycles. The van der Waals surface area contributed by atoms with Crippen molar-refractivity contribution in [3.8, 4) is 0 Å². The van der Waals surface area contributed by atoms with E-state index in [1.54, 1.807) is 12.4 Å². The molecule has 1 saturated heterocycles. The summed E-state index contributed by atoms with van der Waals surface area (Å²) in [6.45, 7) is 5.13. The first-order chi connectivity index (χ1) is 8.29. The molecule has 0 bridgehead atoms. The zero-order valence-electron chi connectivity index (χ0n) is 10.3.